The predicted octanol–water partition coefficient (Wildman–Crippen LogP) is 3.27. The molecule has 0 aliphatic rings. The summed E-state index contributed by atoms with van der Waals surface area (Å²) in [7, 11) is 0. The molecule has 0 saturated heterocycles. The van der Waals surface area contributed by atoms with E-state index in [1.165, 1.54) is 4.68 Å². The number of fused-ring (bicyclic) bond motifs is 3. The van der Waals surface area contributed by atoms with Gasteiger partial charge in [-0.1, -0.05) is 13.0 Å². The molecule has 4 heterocycles. The lowest BCUT2D eigenvalue weighted by molar-refractivity contribution is -0.121. The molecule has 0 unspecified atom stereocenters. The van der Waals surface area contributed by atoms with Gasteiger partial charge in [0.15, 0.2) is 5.58 Å². The molecule has 4 aromatic rings. The molecule has 4 aromatic heterocycles. The molecule has 146 valence electrons. The van der Waals surface area contributed by atoms with E-state index in [-0.39, 0.29) is 11.5 Å². The Balaban J connectivity index is 1.48. The molecule has 1 amide bonds. The number of aromatic nitrogens is 3. The number of furan rings is 1. The molecule has 0 fully saturated rings. The highest BCUT2D eigenvalue weighted by atomic mass is 32.1. The number of amides is 1. The van der Waals surface area contributed by atoms with Crippen LogP contribution in [0.2, 0.25) is 0 Å². The molecule has 0 spiro atoms. The summed E-state index contributed by atoms with van der Waals surface area (Å²) < 4.78 is 9.01. The largest absolute Gasteiger partial charge is 0.460 e. The maximum absolute atomic E-state index is 12.8. The van der Waals surface area contributed by atoms with Crippen molar-refractivity contribution in [2.45, 2.75) is 46.2 Å². The highest BCUT2D eigenvalue weighted by molar-refractivity contribution is 7.09. The van der Waals surface area contributed by atoms with Crippen LogP contribution in [0, 0.1) is 6.92 Å². The topological polar surface area (TPSA) is 81.5 Å². The number of carbonyl (C=O) groups is 1. The van der Waals surface area contributed by atoms with Crippen molar-refractivity contribution in [2.75, 3.05) is 0 Å². The van der Waals surface area contributed by atoms with Gasteiger partial charge in [-0.15, -0.1) is 11.3 Å². The molecule has 7 nitrogen and oxygen atoms in total. The zero-order chi connectivity index (χ0) is 19.7. The molecular weight excluding hydrogens is 376 g/mol. The van der Waals surface area contributed by atoms with E-state index in [0.29, 0.717) is 43.5 Å². The minimum absolute atomic E-state index is 0.0195. The number of nitrogens with one attached hydrogen (secondary N) is 1. The monoisotopic (exact) mass is 398 g/mol. The van der Waals surface area contributed by atoms with Gasteiger partial charge < -0.3 is 9.73 Å². The zero-order valence-corrected chi connectivity index (χ0v) is 16.7. The van der Waals surface area contributed by atoms with E-state index < -0.39 is 0 Å². The van der Waals surface area contributed by atoms with Crippen molar-refractivity contribution in [1.82, 2.24) is 19.5 Å². The number of aryl methyl sites for hydroxylation is 3. The zero-order valence-electron chi connectivity index (χ0n) is 15.9. The Morgan fingerprint density at radius 1 is 1.32 bits per heavy atom. The van der Waals surface area contributed by atoms with Crippen molar-refractivity contribution >= 4 is 33.9 Å². The van der Waals surface area contributed by atoms with E-state index in [1.807, 2.05) is 41.8 Å². The van der Waals surface area contributed by atoms with Gasteiger partial charge in [0.1, 0.15) is 17.1 Å². The Kier molecular flexibility index (Phi) is 5.04. The van der Waals surface area contributed by atoms with Gasteiger partial charge in [0, 0.05) is 36.4 Å². The van der Waals surface area contributed by atoms with Gasteiger partial charge in [-0.3, -0.25) is 14.0 Å². The minimum Gasteiger partial charge on any atom is -0.460 e. The van der Waals surface area contributed by atoms with Gasteiger partial charge in [-0.25, -0.2) is 4.68 Å². The first-order valence-corrected chi connectivity index (χ1v) is 10.3. The van der Waals surface area contributed by atoms with Gasteiger partial charge in [-0.2, -0.15) is 5.10 Å². The molecular formula is C20H22N4O3S. The molecule has 1 N–H and O–H groups in total. The van der Waals surface area contributed by atoms with Gasteiger partial charge >= 0.3 is 0 Å². The van der Waals surface area contributed by atoms with Gasteiger partial charge in [0.25, 0.3) is 5.56 Å². The summed E-state index contributed by atoms with van der Waals surface area (Å²) in [6, 6.07) is 7.65. The molecule has 0 aliphatic heterocycles. The lowest BCUT2D eigenvalue weighted by atomic mass is 10.3. The van der Waals surface area contributed by atoms with Crippen molar-refractivity contribution < 1.29 is 9.21 Å². The molecule has 0 aromatic carbocycles. The molecule has 28 heavy (non-hydrogen) atoms. The second-order valence-corrected chi connectivity index (χ2v) is 7.76. The summed E-state index contributed by atoms with van der Waals surface area (Å²) in [6.45, 7) is 4.84. The fourth-order valence-electron chi connectivity index (χ4n) is 3.37. The van der Waals surface area contributed by atoms with Crippen molar-refractivity contribution in [3.8, 4) is 0 Å². The number of thiophene rings is 1. The van der Waals surface area contributed by atoms with Crippen LogP contribution < -0.4 is 10.9 Å². The first-order valence-electron chi connectivity index (χ1n) is 9.37. The molecule has 4 rings (SSSR count). The number of hydrogen-bond acceptors (Lipinski definition) is 5. The van der Waals surface area contributed by atoms with Crippen LogP contribution in [0.4, 0.5) is 0 Å². The standard InChI is InChI=1S/C20H22N4O3S/c1-3-18-22-23(8-4-7-19(25)21-12-14-6-5-9-28-14)20(26)16-11-17-15(24(16)18)10-13(2)27-17/h5-6,9-11H,3-4,7-8,12H2,1-2H3,(H,21,25). The lowest BCUT2D eigenvalue weighted by Crippen LogP contribution is -2.28. The maximum atomic E-state index is 12.8. The van der Waals surface area contributed by atoms with Crippen molar-refractivity contribution in [1.29, 1.82) is 0 Å². The molecule has 0 bridgehead atoms. The summed E-state index contributed by atoms with van der Waals surface area (Å²) in [5, 5.41) is 9.42. The van der Waals surface area contributed by atoms with Crippen LogP contribution in [0.25, 0.3) is 16.6 Å². The molecule has 0 radical (unpaired) electrons. The first-order chi connectivity index (χ1) is 13.6. The van der Waals surface area contributed by atoms with E-state index in [9.17, 15) is 9.59 Å². The van der Waals surface area contributed by atoms with Crippen molar-refractivity contribution in [3.63, 3.8) is 0 Å². The van der Waals surface area contributed by atoms with E-state index in [4.69, 9.17) is 4.42 Å². The summed E-state index contributed by atoms with van der Waals surface area (Å²) in [4.78, 5) is 26.0. The average Bonchev–Trinajstić information content (AvgIpc) is 3.38. The Labute approximate surface area is 165 Å². The SMILES string of the molecule is CCc1nn(CCCC(=O)NCc2cccs2)c(=O)c2cc3oc(C)cc3n12. The smallest absolute Gasteiger partial charge is 0.291 e. The molecule has 0 atom stereocenters. The van der Waals surface area contributed by atoms with Crippen LogP contribution in [0.15, 0.2) is 38.9 Å². The second-order valence-electron chi connectivity index (χ2n) is 6.73. The number of nitrogens with zero attached hydrogens (tertiary/aromatic N) is 3. The third-order valence-corrected chi connectivity index (χ3v) is 5.57. The van der Waals surface area contributed by atoms with Crippen LogP contribution in [0.1, 0.15) is 36.2 Å². The predicted molar refractivity (Wildman–Crippen MR) is 109 cm³/mol. The van der Waals surface area contributed by atoms with Crippen LogP contribution in [-0.2, 0) is 24.3 Å². The molecule has 0 saturated carbocycles. The Morgan fingerprint density at radius 3 is 2.93 bits per heavy atom. The summed E-state index contributed by atoms with van der Waals surface area (Å²) in [6.07, 6.45) is 1.60. The molecule has 8 heteroatoms. The maximum Gasteiger partial charge on any atom is 0.291 e. The van der Waals surface area contributed by atoms with Gasteiger partial charge in [0.2, 0.25) is 5.91 Å². The Bertz CT molecular complexity index is 1180. The quantitative estimate of drug-likeness (QED) is 0.518. The number of hydrogen-bond donors (Lipinski definition) is 1. The minimum atomic E-state index is -0.166. The third-order valence-electron chi connectivity index (χ3n) is 4.69. The number of carbonyl (C=O) groups excluding carboxylic acids is 1. The Hall–Kier alpha value is -2.87. The summed E-state index contributed by atoms with van der Waals surface area (Å²) in [5.74, 6) is 1.58. The van der Waals surface area contributed by atoms with Crippen molar-refractivity contribution in [3.05, 3.63) is 56.5 Å². The van der Waals surface area contributed by atoms with E-state index >= 15 is 0 Å². The highest BCUT2D eigenvalue weighted by Crippen LogP contribution is 2.23. The summed E-state index contributed by atoms with van der Waals surface area (Å²) in [5.41, 5.74) is 1.95. The van der Waals surface area contributed by atoms with E-state index in [2.05, 4.69) is 10.4 Å². The second kappa shape index (κ2) is 7.63. The van der Waals surface area contributed by atoms with Gasteiger partial charge in [-0.05, 0) is 24.8 Å². The van der Waals surface area contributed by atoms with Crippen molar-refractivity contribution in [2.24, 2.45) is 0 Å². The highest BCUT2D eigenvalue weighted by Gasteiger charge is 2.16. The van der Waals surface area contributed by atoms with Crippen LogP contribution in [0.5, 0.6) is 0 Å². The normalized spacial score (nSPS) is 11.5. The van der Waals surface area contributed by atoms with Crippen LogP contribution >= 0.6 is 11.3 Å². The first kappa shape index (κ1) is 18.5. The van der Waals surface area contributed by atoms with E-state index in [1.54, 1.807) is 17.4 Å². The van der Waals surface area contributed by atoms with Gasteiger partial charge in [0.05, 0.1) is 12.1 Å². The Morgan fingerprint density at radius 2 is 2.18 bits per heavy atom. The van der Waals surface area contributed by atoms with Crippen LogP contribution in [0.3, 0.4) is 0 Å². The fourth-order valence-corrected chi connectivity index (χ4v) is 4.01. The third kappa shape index (κ3) is 3.47. The van der Waals surface area contributed by atoms with Crippen LogP contribution in [-0.4, -0.2) is 20.1 Å². The van der Waals surface area contributed by atoms with E-state index in [0.717, 1.165) is 22.0 Å². The lowest BCUT2D eigenvalue weighted by Gasteiger charge is -2.10. The number of rotatable bonds is 7. The fraction of sp³-hybridized carbons (Fsp3) is 0.350. The average molecular weight is 398 g/mol. The molecule has 0 aliphatic carbocycles. The summed E-state index contributed by atoms with van der Waals surface area (Å²) >= 11 is 1.62.